The molecular formula is C42H40N6O4. The molecule has 1 aromatic heterocycles. The summed E-state index contributed by atoms with van der Waals surface area (Å²) in [5, 5.41) is 7.63. The van der Waals surface area contributed by atoms with Gasteiger partial charge in [-0.25, -0.2) is 0 Å². The van der Waals surface area contributed by atoms with Crippen LogP contribution in [0.15, 0.2) is 109 Å². The first-order valence-corrected chi connectivity index (χ1v) is 17.9. The molecule has 4 aliphatic rings. The number of aromatic nitrogens is 1. The van der Waals surface area contributed by atoms with E-state index >= 15 is 0 Å². The zero-order valence-corrected chi connectivity index (χ0v) is 29.1. The summed E-state index contributed by atoms with van der Waals surface area (Å²) in [6, 6.07) is 31.4. The van der Waals surface area contributed by atoms with E-state index in [1.54, 1.807) is 23.9 Å². The molecule has 6 atom stereocenters. The van der Waals surface area contributed by atoms with Crippen molar-refractivity contribution in [1.82, 2.24) is 25.0 Å². The minimum atomic E-state index is -0.709. The molecule has 9 rings (SSSR count). The van der Waals surface area contributed by atoms with Crippen LogP contribution in [-0.4, -0.2) is 87.7 Å². The minimum absolute atomic E-state index is 0.0572. The SMILES string of the molecule is CN1C(=O)[C@H](Cc2c[nH]c3ccc([C@]45C[C@H]6C(=O)N(C)[C@H](Cc7ccccc7)C(=O)N6[C@H]4Nc4ccccc45)cc23)NC(=O)[C@H]1Cc1ccccc1. The van der Waals surface area contributed by atoms with Gasteiger partial charge in [0.15, 0.2) is 0 Å². The van der Waals surface area contributed by atoms with Crippen LogP contribution in [0.3, 0.4) is 0 Å². The first kappa shape index (κ1) is 32.0. The highest BCUT2D eigenvalue weighted by Crippen LogP contribution is 2.56. The van der Waals surface area contributed by atoms with Crippen LogP contribution in [0.4, 0.5) is 5.69 Å². The molecule has 0 bridgehead atoms. The second-order valence-electron chi connectivity index (χ2n) is 14.7. The number of fused-ring (bicyclic) bond motifs is 6. The molecule has 0 spiro atoms. The molecule has 52 heavy (non-hydrogen) atoms. The molecule has 5 heterocycles. The molecule has 3 fully saturated rings. The monoisotopic (exact) mass is 692 g/mol. The van der Waals surface area contributed by atoms with Gasteiger partial charge < -0.3 is 30.3 Å². The van der Waals surface area contributed by atoms with E-state index in [0.717, 1.165) is 44.4 Å². The summed E-state index contributed by atoms with van der Waals surface area (Å²) in [5.74, 6) is -0.414. The van der Waals surface area contributed by atoms with Crippen molar-refractivity contribution in [1.29, 1.82) is 0 Å². The molecule has 4 aromatic carbocycles. The van der Waals surface area contributed by atoms with Crippen LogP contribution in [0.2, 0.25) is 0 Å². The smallest absolute Gasteiger partial charge is 0.248 e. The minimum Gasteiger partial charge on any atom is -0.364 e. The Morgan fingerprint density at radius 3 is 2.08 bits per heavy atom. The maximum absolute atomic E-state index is 14.5. The number of para-hydroxylation sites is 1. The van der Waals surface area contributed by atoms with Gasteiger partial charge in [-0.1, -0.05) is 84.9 Å². The topological polar surface area (TPSA) is 118 Å². The van der Waals surface area contributed by atoms with Gasteiger partial charge in [0, 0.05) is 56.1 Å². The lowest BCUT2D eigenvalue weighted by atomic mass is 9.72. The van der Waals surface area contributed by atoms with Gasteiger partial charge >= 0.3 is 0 Å². The Morgan fingerprint density at radius 2 is 1.35 bits per heavy atom. The zero-order chi connectivity index (χ0) is 35.7. The first-order chi connectivity index (χ1) is 25.2. The number of nitrogens with zero attached hydrogens (tertiary/aromatic N) is 3. The van der Waals surface area contributed by atoms with Crippen LogP contribution < -0.4 is 10.6 Å². The van der Waals surface area contributed by atoms with Crippen molar-refractivity contribution >= 4 is 40.2 Å². The van der Waals surface area contributed by atoms with Crippen LogP contribution in [0.5, 0.6) is 0 Å². The van der Waals surface area contributed by atoms with Crippen LogP contribution in [0.25, 0.3) is 10.9 Å². The fourth-order valence-corrected chi connectivity index (χ4v) is 9.19. The summed E-state index contributed by atoms with van der Waals surface area (Å²) in [7, 11) is 3.45. The number of likely N-dealkylation sites (N-methyl/N-ethyl adjacent to an activating group) is 2. The lowest BCUT2D eigenvalue weighted by Crippen LogP contribution is -2.64. The molecule has 0 radical (unpaired) electrons. The molecule has 0 aliphatic carbocycles. The number of H-pyrrole nitrogens is 1. The molecule has 5 aromatic rings. The first-order valence-electron chi connectivity index (χ1n) is 17.9. The number of amides is 4. The zero-order valence-electron chi connectivity index (χ0n) is 29.1. The maximum Gasteiger partial charge on any atom is 0.248 e. The van der Waals surface area contributed by atoms with E-state index < -0.39 is 35.7 Å². The van der Waals surface area contributed by atoms with Gasteiger partial charge in [-0.2, -0.15) is 0 Å². The fourth-order valence-electron chi connectivity index (χ4n) is 9.19. The number of carbonyl (C=O) groups is 4. The molecule has 3 N–H and O–H groups in total. The Morgan fingerprint density at radius 1 is 0.692 bits per heavy atom. The predicted molar refractivity (Wildman–Crippen MR) is 197 cm³/mol. The average molecular weight is 693 g/mol. The molecule has 0 unspecified atom stereocenters. The Balaban J connectivity index is 1.05. The second-order valence-corrected chi connectivity index (χ2v) is 14.7. The summed E-state index contributed by atoms with van der Waals surface area (Å²) in [6.45, 7) is 0. The Hall–Kier alpha value is -5.90. The van der Waals surface area contributed by atoms with Crippen LogP contribution in [0.1, 0.15) is 34.2 Å². The summed E-state index contributed by atoms with van der Waals surface area (Å²) >= 11 is 0. The van der Waals surface area contributed by atoms with E-state index in [0.29, 0.717) is 25.7 Å². The number of hydrogen-bond acceptors (Lipinski definition) is 5. The van der Waals surface area contributed by atoms with Gasteiger partial charge in [0.05, 0.1) is 5.41 Å². The van der Waals surface area contributed by atoms with Gasteiger partial charge in [0.25, 0.3) is 0 Å². The van der Waals surface area contributed by atoms with E-state index in [-0.39, 0.29) is 23.6 Å². The third-order valence-corrected chi connectivity index (χ3v) is 11.9. The number of piperazine rings is 2. The van der Waals surface area contributed by atoms with Crippen molar-refractivity contribution in [3.05, 3.63) is 137 Å². The van der Waals surface area contributed by atoms with Crippen molar-refractivity contribution in [3.8, 4) is 0 Å². The largest absolute Gasteiger partial charge is 0.364 e. The van der Waals surface area contributed by atoms with Crippen LogP contribution >= 0.6 is 0 Å². The van der Waals surface area contributed by atoms with Gasteiger partial charge in [0.2, 0.25) is 23.6 Å². The van der Waals surface area contributed by atoms with E-state index in [1.807, 2.05) is 96.0 Å². The standard InChI is InChI=1S/C42H40N6O4/c1-46-34(19-25-11-5-3-6-12-25)37(49)44-33(38(46)50)21-27-24-43-31-18-17-28(22-29(27)31)42-23-36-39(51)47(2)35(20-26-13-7-4-8-14-26)40(52)48(36)41(42)45-32-16-10-9-15-30(32)42/h3-18,22,24,33-36,41,43,45H,19-21,23H2,1-2H3,(H,44,49)/t33-,34+,35+,36-,41+,42-/m0/s1. The van der Waals surface area contributed by atoms with E-state index in [4.69, 9.17) is 0 Å². The highest BCUT2D eigenvalue weighted by molar-refractivity contribution is 6.00. The van der Waals surface area contributed by atoms with Crippen molar-refractivity contribution in [2.75, 3.05) is 19.4 Å². The lowest BCUT2D eigenvalue weighted by Gasteiger charge is -2.42. The molecule has 10 nitrogen and oxygen atoms in total. The Labute approximate surface area is 301 Å². The quantitative estimate of drug-likeness (QED) is 0.239. The highest BCUT2D eigenvalue weighted by Gasteiger charge is 2.64. The number of anilines is 1. The van der Waals surface area contributed by atoms with Crippen molar-refractivity contribution in [2.45, 2.75) is 61.4 Å². The third kappa shape index (κ3) is 4.84. The van der Waals surface area contributed by atoms with Crippen LogP contribution in [-0.2, 0) is 43.9 Å². The van der Waals surface area contributed by atoms with E-state index in [1.165, 1.54) is 0 Å². The molecule has 10 heteroatoms. The average Bonchev–Trinajstić information content (AvgIpc) is 3.83. The summed E-state index contributed by atoms with van der Waals surface area (Å²) < 4.78 is 0. The number of aromatic amines is 1. The number of carbonyl (C=O) groups excluding carboxylic acids is 4. The number of nitrogens with one attached hydrogen (secondary N) is 3. The molecular weight excluding hydrogens is 653 g/mol. The Bertz CT molecular complexity index is 2240. The number of benzene rings is 4. The summed E-state index contributed by atoms with van der Waals surface area (Å²) in [6.07, 6.45) is 3.09. The predicted octanol–water partition coefficient (Wildman–Crippen LogP) is 4.00. The molecule has 4 amide bonds. The molecule has 0 saturated carbocycles. The van der Waals surface area contributed by atoms with Crippen molar-refractivity contribution in [2.24, 2.45) is 0 Å². The number of rotatable bonds is 7. The Kier molecular flexibility index (Phi) is 7.46. The third-order valence-electron chi connectivity index (χ3n) is 11.9. The normalized spacial score (nSPS) is 26.7. The molecule has 4 aliphatic heterocycles. The fraction of sp³-hybridized carbons (Fsp3) is 0.286. The van der Waals surface area contributed by atoms with Crippen molar-refractivity contribution in [3.63, 3.8) is 0 Å². The van der Waals surface area contributed by atoms with E-state index in [2.05, 4.69) is 33.8 Å². The highest BCUT2D eigenvalue weighted by atomic mass is 16.2. The molecule has 262 valence electrons. The van der Waals surface area contributed by atoms with Gasteiger partial charge in [-0.3, -0.25) is 19.2 Å². The lowest BCUT2D eigenvalue weighted by molar-refractivity contribution is -0.159. The maximum atomic E-state index is 14.5. The second kappa shape index (κ2) is 12.1. The van der Waals surface area contributed by atoms with Gasteiger partial charge in [-0.05, 0) is 52.4 Å². The van der Waals surface area contributed by atoms with Crippen LogP contribution in [0, 0.1) is 0 Å². The van der Waals surface area contributed by atoms with Gasteiger partial charge in [-0.15, -0.1) is 0 Å². The summed E-state index contributed by atoms with van der Waals surface area (Å²) in [5.41, 5.74) is 6.09. The van der Waals surface area contributed by atoms with E-state index in [9.17, 15) is 19.2 Å². The number of hydrogen-bond donors (Lipinski definition) is 3. The molecule has 3 saturated heterocycles. The van der Waals surface area contributed by atoms with Gasteiger partial charge in [0.1, 0.15) is 30.3 Å². The van der Waals surface area contributed by atoms with Crippen molar-refractivity contribution < 1.29 is 19.2 Å². The summed E-state index contributed by atoms with van der Waals surface area (Å²) in [4.78, 5) is 64.1.